The lowest BCUT2D eigenvalue weighted by Crippen LogP contribution is -2.30. The Kier molecular flexibility index (Phi) is 4.54. The number of nitrogens with zero attached hydrogens (tertiary/aromatic N) is 3. The highest BCUT2D eigenvalue weighted by Crippen LogP contribution is 2.39. The molecule has 1 atom stereocenters. The summed E-state index contributed by atoms with van der Waals surface area (Å²) in [4.78, 5) is 12.9. The lowest BCUT2D eigenvalue weighted by atomic mass is 10.1. The monoisotopic (exact) mass is 356 g/mol. The second-order valence-corrected chi connectivity index (χ2v) is 8.47. The maximum atomic E-state index is 12.9. The number of carbonyl (C=O) groups excluding carboxylic acids is 1. The molecule has 0 aliphatic heterocycles. The zero-order chi connectivity index (χ0) is 17.4. The molecular formula is C19H24N4OS. The number of rotatable bonds is 6. The van der Waals surface area contributed by atoms with Gasteiger partial charge in [-0.25, -0.2) is 0 Å². The van der Waals surface area contributed by atoms with Crippen LogP contribution in [-0.2, 0) is 17.6 Å². The summed E-state index contributed by atoms with van der Waals surface area (Å²) in [7, 11) is 0. The van der Waals surface area contributed by atoms with Crippen LogP contribution < -0.4 is 5.32 Å². The second-order valence-electron chi connectivity index (χ2n) is 7.36. The average Bonchev–Trinajstić information content (AvgIpc) is 3.14. The zero-order valence-electron chi connectivity index (χ0n) is 14.7. The molecule has 0 spiro atoms. The van der Waals surface area contributed by atoms with Gasteiger partial charge in [0.15, 0.2) is 5.16 Å². The lowest BCUT2D eigenvalue weighted by molar-refractivity contribution is -0.116. The smallest absolute Gasteiger partial charge is 0.238 e. The third kappa shape index (κ3) is 3.59. The van der Waals surface area contributed by atoms with Crippen molar-refractivity contribution in [3.05, 3.63) is 35.7 Å². The summed E-state index contributed by atoms with van der Waals surface area (Å²) in [6.07, 6.45) is 7.64. The first-order valence-corrected chi connectivity index (χ1v) is 9.98. The molecule has 0 radical (unpaired) electrons. The Hall–Kier alpha value is -1.82. The number of aryl methyl sites for hydroxylation is 2. The molecule has 1 heterocycles. The minimum atomic E-state index is -0.185. The highest BCUT2D eigenvalue weighted by atomic mass is 32.2. The second kappa shape index (κ2) is 6.83. The van der Waals surface area contributed by atoms with Crippen LogP contribution in [-0.4, -0.2) is 25.9 Å². The first-order valence-electron chi connectivity index (χ1n) is 9.10. The molecule has 2 aliphatic rings. The van der Waals surface area contributed by atoms with Gasteiger partial charge < -0.3 is 9.88 Å². The minimum absolute atomic E-state index is 0.0447. The van der Waals surface area contributed by atoms with Crippen molar-refractivity contribution in [2.24, 2.45) is 5.92 Å². The number of hydrogen-bond donors (Lipinski definition) is 1. The molecule has 0 saturated heterocycles. The van der Waals surface area contributed by atoms with Gasteiger partial charge in [-0.05, 0) is 61.3 Å². The van der Waals surface area contributed by atoms with Crippen molar-refractivity contribution in [3.63, 3.8) is 0 Å². The van der Waals surface area contributed by atoms with Crippen molar-refractivity contribution in [1.29, 1.82) is 0 Å². The minimum Gasteiger partial charge on any atom is -0.325 e. The van der Waals surface area contributed by atoms with Crippen molar-refractivity contribution in [2.45, 2.75) is 62.4 Å². The molecule has 0 bridgehead atoms. The molecule has 1 amide bonds. The lowest BCUT2D eigenvalue weighted by Gasteiger charge is -2.20. The first-order chi connectivity index (χ1) is 12.1. The molecule has 2 aromatic rings. The van der Waals surface area contributed by atoms with Crippen molar-refractivity contribution in [3.8, 4) is 0 Å². The Morgan fingerprint density at radius 2 is 2.08 bits per heavy atom. The summed E-state index contributed by atoms with van der Waals surface area (Å²) >= 11 is 1.53. The molecule has 1 aromatic heterocycles. The predicted molar refractivity (Wildman–Crippen MR) is 99.9 cm³/mol. The van der Waals surface area contributed by atoms with Gasteiger partial charge in [-0.15, -0.1) is 10.2 Å². The fourth-order valence-electron chi connectivity index (χ4n) is 3.39. The van der Waals surface area contributed by atoms with E-state index in [-0.39, 0.29) is 17.1 Å². The van der Waals surface area contributed by atoms with Crippen LogP contribution in [0.3, 0.4) is 0 Å². The zero-order valence-corrected chi connectivity index (χ0v) is 15.6. The van der Waals surface area contributed by atoms with Crippen LogP contribution >= 0.6 is 11.8 Å². The number of anilines is 1. The SMILES string of the molecule is CC(C)[C@@H](Sc1nncn1C1CC1)C(=O)Nc1ccc2c(c1)CCC2. The first kappa shape index (κ1) is 16.6. The van der Waals surface area contributed by atoms with E-state index in [0.29, 0.717) is 6.04 Å². The van der Waals surface area contributed by atoms with Gasteiger partial charge in [0.05, 0.1) is 5.25 Å². The Labute approximate surface area is 152 Å². The highest BCUT2D eigenvalue weighted by molar-refractivity contribution is 8.00. The van der Waals surface area contributed by atoms with Crippen molar-refractivity contribution in [1.82, 2.24) is 14.8 Å². The summed E-state index contributed by atoms with van der Waals surface area (Å²) in [5.74, 6) is 0.257. The summed E-state index contributed by atoms with van der Waals surface area (Å²) in [5.41, 5.74) is 3.70. The van der Waals surface area contributed by atoms with Crippen LogP contribution in [0.5, 0.6) is 0 Å². The van der Waals surface area contributed by atoms with E-state index in [2.05, 4.69) is 46.1 Å². The van der Waals surface area contributed by atoms with E-state index >= 15 is 0 Å². The van der Waals surface area contributed by atoms with Crippen molar-refractivity contribution >= 4 is 23.4 Å². The van der Waals surface area contributed by atoms with E-state index in [0.717, 1.165) is 23.7 Å². The Balaban J connectivity index is 1.48. The number of aromatic nitrogens is 3. The van der Waals surface area contributed by atoms with Crippen molar-refractivity contribution < 1.29 is 4.79 Å². The maximum Gasteiger partial charge on any atom is 0.238 e. The van der Waals surface area contributed by atoms with E-state index in [1.807, 2.05) is 6.07 Å². The van der Waals surface area contributed by atoms with Gasteiger partial charge in [0, 0.05) is 11.7 Å². The van der Waals surface area contributed by atoms with Crippen LogP contribution in [0.4, 0.5) is 5.69 Å². The van der Waals surface area contributed by atoms with E-state index in [1.54, 1.807) is 6.33 Å². The molecule has 132 valence electrons. The number of amides is 1. The third-order valence-electron chi connectivity index (χ3n) is 4.94. The fraction of sp³-hybridized carbons (Fsp3) is 0.526. The van der Waals surface area contributed by atoms with E-state index < -0.39 is 0 Å². The fourth-order valence-corrected chi connectivity index (χ4v) is 4.47. The molecule has 1 N–H and O–H groups in total. The Bertz CT molecular complexity index is 781. The van der Waals surface area contributed by atoms with Crippen LogP contribution in [0, 0.1) is 5.92 Å². The number of nitrogens with one attached hydrogen (secondary N) is 1. The summed E-state index contributed by atoms with van der Waals surface area (Å²) in [6.45, 7) is 4.16. The molecule has 4 rings (SSSR count). The van der Waals surface area contributed by atoms with Gasteiger partial charge in [-0.2, -0.15) is 0 Å². The molecule has 0 unspecified atom stereocenters. The summed E-state index contributed by atoms with van der Waals surface area (Å²) in [6, 6.07) is 6.83. The number of fused-ring (bicyclic) bond motifs is 1. The van der Waals surface area contributed by atoms with Gasteiger partial charge in [-0.3, -0.25) is 4.79 Å². The summed E-state index contributed by atoms with van der Waals surface area (Å²) in [5, 5.41) is 12.1. The number of hydrogen-bond acceptors (Lipinski definition) is 4. The van der Waals surface area contributed by atoms with Crippen LogP contribution in [0.15, 0.2) is 29.7 Å². The van der Waals surface area contributed by atoms with Gasteiger partial charge in [0.2, 0.25) is 5.91 Å². The topological polar surface area (TPSA) is 59.8 Å². The van der Waals surface area contributed by atoms with Gasteiger partial charge in [-0.1, -0.05) is 31.7 Å². The van der Waals surface area contributed by atoms with E-state index in [4.69, 9.17) is 0 Å². The van der Waals surface area contributed by atoms with Crippen LogP contribution in [0.25, 0.3) is 0 Å². The number of carbonyl (C=O) groups is 1. The molecule has 25 heavy (non-hydrogen) atoms. The normalized spacial score (nSPS) is 17.6. The van der Waals surface area contributed by atoms with Crippen LogP contribution in [0.1, 0.15) is 50.3 Å². The molecule has 1 saturated carbocycles. The van der Waals surface area contributed by atoms with Gasteiger partial charge in [0.1, 0.15) is 6.33 Å². The third-order valence-corrected chi connectivity index (χ3v) is 6.46. The standard InChI is InChI=1S/C19H24N4OS/c1-12(2)17(25-19-22-20-11-23(19)16-8-9-16)18(24)21-15-7-6-13-4-3-5-14(13)10-15/h6-7,10-12,16-17H,3-5,8-9H2,1-2H3,(H,21,24)/t17-/m1/s1. The van der Waals surface area contributed by atoms with E-state index in [9.17, 15) is 4.79 Å². The summed E-state index contributed by atoms with van der Waals surface area (Å²) < 4.78 is 2.11. The predicted octanol–water partition coefficient (Wildman–Crippen LogP) is 3.86. The molecule has 2 aliphatic carbocycles. The molecule has 5 nitrogen and oxygen atoms in total. The van der Waals surface area contributed by atoms with Gasteiger partial charge in [0.25, 0.3) is 0 Å². The Morgan fingerprint density at radius 3 is 2.84 bits per heavy atom. The molecule has 6 heteroatoms. The van der Waals surface area contributed by atoms with Crippen LogP contribution in [0.2, 0.25) is 0 Å². The quantitative estimate of drug-likeness (QED) is 0.799. The largest absolute Gasteiger partial charge is 0.325 e. The molecular weight excluding hydrogens is 332 g/mol. The molecule has 1 fully saturated rings. The van der Waals surface area contributed by atoms with E-state index in [1.165, 1.54) is 42.2 Å². The highest BCUT2D eigenvalue weighted by Gasteiger charge is 2.30. The van der Waals surface area contributed by atoms with Gasteiger partial charge >= 0.3 is 0 Å². The molecule has 1 aromatic carbocycles. The maximum absolute atomic E-state index is 12.9. The van der Waals surface area contributed by atoms with Crippen molar-refractivity contribution in [2.75, 3.05) is 5.32 Å². The number of benzene rings is 1. The average molecular weight is 356 g/mol. The Morgan fingerprint density at radius 1 is 1.28 bits per heavy atom. The number of thioether (sulfide) groups is 1.